The molecule has 0 spiro atoms. The van der Waals surface area contributed by atoms with Gasteiger partial charge in [0.2, 0.25) is 0 Å². The number of aryl methyl sites for hydroxylation is 1. The number of hydrogen-bond donors (Lipinski definition) is 0. The van der Waals surface area contributed by atoms with Gasteiger partial charge >= 0.3 is 0 Å². The van der Waals surface area contributed by atoms with Gasteiger partial charge in [0.25, 0.3) is 6.33 Å². The number of benzene rings is 13. The van der Waals surface area contributed by atoms with Crippen LogP contribution < -0.4 is 30.1 Å². The lowest BCUT2D eigenvalue weighted by molar-refractivity contribution is -0.571. The highest BCUT2D eigenvalue weighted by Crippen LogP contribution is 2.42. The van der Waals surface area contributed by atoms with Crippen molar-refractivity contribution in [3.05, 3.63) is 356 Å². The van der Waals surface area contributed by atoms with E-state index in [2.05, 4.69) is 27.1 Å². The minimum absolute atomic E-state index is 0.0597. The Morgan fingerprint density at radius 2 is 1.01 bits per heavy atom. The lowest BCUT2D eigenvalue weighted by Crippen LogP contribution is -2.74. The molecule has 0 bridgehead atoms. The molecule has 3 aromatic heterocycles. The summed E-state index contributed by atoms with van der Waals surface area (Å²) in [7, 11) is -6.57. The summed E-state index contributed by atoms with van der Waals surface area (Å²) >= 11 is 0. The molecule has 0 radical (unpaired) electrons. The van der Waals surface area contributed by atoms with Crippen LogP contribution in [0.1, 0.15) is 102 Å². The summed E-state index contributed by atoms with van der Waals surface area (Å²) in [5, 5.41) is -3.03. The first-order valence-corrected chi connectivity index (χ1v) is 33.7. The molecule has 16 rings (SSSR count). The average molecular weight is 1330 g/mol. The molecule has 13 aromatic carbocycles. The van der Waals surface area contributed by atoms with Crippen LogP contribution in [0, 0.1) is 13.2 Å². The summed E-state index contributed by atoms with van der Waals surface area (Å²) in [6, 6.07) is 14.1. The van der Waals surface area contributed by atoms with Gasteiger partial charge in [-0.05, 0) is 166 Å². The van der Waals surface area contributed by atoms with Crippen molar-refractivity contribution in [1.82, 2.24) is 14.1 Å². The molecule has 16 aromatic rings. The molecular formula is C93H76N4OSi. The Morgan fingerprint density at radius 3 is 1.68 bits per heavy atom. The van der Waals surface area contributed by atoms with Gasteiger partial charge in [-0.2, -0.15) is 0 Å². The zero-order valence-electron chi connectivity index (χ0n) is 86.2. The van der Waals surface area contributed by atoms with Gasteiger partial charge in [0.05, 0.1) is 73.2 Å². The maximum Gasteiger partial charge on any atom is 0.269 e. The van der Waals surface area contributed by atoms with Crippen LogP contribution in [0.5, 0.6) is 11.5 Å². The van der Waals surface area contributed by atoms with Gasteiger partial charge in [-0.3, -0.25) is 13.7 Å². The van der Waals surface area contributed by atoms with Crippen LogP contribution in [0.3, 0.4) is 0 Å². The first-order chi connectivity index (χ1) is 61.5. The van der Waals surface area contributed by atoms with Crippen molar-refractivity contribution >= 4 is 61.7 Å². The molecule has 478 valence electrons. The van der Waals surface area contributed by atoms with Crippen LogP contribution in [-0.2, 0) is 10.8 Å². The van der Waals surface area contributed by atoms with Gasteiger partial charge in [0.15, 0.2) is 8.07 Å². The molecule has 5 nitrogen and oxygen atoms in total. The number of ether oxygens (including phenoxy) is 1. The molecule has 0 unspecified atom stereocenters. The molecule has 0 aliphatic carbocycles. The lowest BCUT2D eigenvalue weighted by atomic mass is 9.84. The standard InChI is InChI=1S/C93H76N4OSi/c1-64-54-90(94-62-85(64)67-30-15-9-16-31-67)97-86-45-24-23-44-81(86)82-52-51-76(61-88(82)97)98-75-36-27-35-74(60-75)95-63-96(87-53-48-68(59-89(87)95)66-46-49-72(50-47-66)92(2,3)4)91-83(69-32-25-34-73(55-69)93(5,6)7)57-71(65-28-13-8-14-29-65)58-84(91)70-33-26-43-80(56-70)99(77-37-17-10-18-38-77,78-39-19-11-20-40-78)79-41-21-12-22-42-79/h8-62H,1-7H3/i1D3,8D,9D,10D,11D,12D,13D,14D,15D,16D,17D,18D,19D,20D,21D,22D,26D,28D,29D,30D,31D,33D,37D,38D,39D,40D,41D,42D,43D,56D. The van der Waals surface area contributed by atoms with E-state index in [4.69, 9.17) is 28.9 Å². The van der Waals surface area contributed by atoms with Crippen molar-refractivity contribution in [3.63, 3.8) is 0 Å². The number of imidazole rings is 1. The number of pyridine rings is 1. The highest BCUT2D eigenvalue weighted by atomic mass is 28.3. The van der Waals surface area contributed by atoms with Crippen molar-refractivity contribution in [2.24, 2.45) is 0 Å². The number of hydrogen-bond acceptors (Lipinski definition) is 2. The van der Waals surface area contributed by atoms with Gasteiger partial charge in [-0.1, -0.05) is 302 Å². The van der Waals surface area contributed by atoms with Crippen molar-refractivity contribution in [2.75, 3.05) is 0 Å². The Kier molecular flexibility index (Phi) is 9.24. The Hall–Kier alpha value is -11.7. The van der Waals surface area contributed by atoms with E-state index in [0.29, 0.717) is 49.7 Å². The number of para-hydroxylation sites is 1. The molecule has 0 aliphatic heterocycles. The molecule has 0 aliphatic rings. The maximum absolute atomic E-state index is 11.4. The second-order valence-corrected chi connectivity index (χ2v) is 29.3. The smallest absolute Gasteiger partial charge is 0.269 e. The second kappa shape index (κ2) is 25.4. The molecule has 0 fully saturated rings. The third-order valence-electron chi connectivity index (χ3n) is 17.6. The van der Waals surface area contributed by atoms with Gasteiger partial charge < -0.3 is 4.74 Å². The predicted molar refractivity (Wildman–Crippen MR) is 415 cm³/mol. The minimum Gasteiger partial charge on any atom is -0.458 e. The minimum atomic E-state index is -6.57. The average Bonchev–Trinajstić information content (AvgIpc) is 1.04. The summed E-state index contributed by atoms with van der Waals surface area (Å²) in [6.07, 6.45) is 4.76. The fourth-order valence-electron chi connectivity index (χ4n) is 12.7. The van der Waals surface area contributed by atoms with E-state index in [0.717, 1.165) is 11.1 Å². The van der Waals surface area contributed by atoms with E-state index in [1.165, 1.54) is 29.0 Å². The number of fused-ring (bicyclic) bond motifs is 4. The van der Waals surface area contributed by atoms with Gasteiger partial charge in [0, 0.05) is 32.7 Å². The van der Waals surface area contributed by atoms with Crippen molar-refractivity contribution < 1.29 is 53.2 Å². The Bertz CT molecular complexity index is 7330. The van der Waals surface area contributed by atoms with E-state index in [1.54, 1.807) is 81.9 Å². The van der Waals surface area contributed by atoms with Crippen molar-refractivity contribution in [3.8, 4) is 84.3 Å². The number of nitrogens with zero attached hydrogens (tertiary/aromatic N) is 4. The van der Waals surface area contributed by atoms with Crippen LogP contribution in [0.2, 0.25) is 0 Å². The van der Waals surface area contributed by atoms with Gasteiger partial charge in [-0.15, -0.1) is 0 Å². The third-order valence-corrected chi connectivity index (χ3v) is 21.6. The summed E-state index contributed by atoms with van der Waals surface area (Å²) < 4.78 is 313. The molecule has 0 saturated carbocycles. The molecule has 6 heteroatoms. The molecule has 99 heavy (non-hydrogen) atoms. The Morgan fingerprint density at radius 1 is 0.424 bits per heavy atom. The fraction of sp³-hybridized carbons (Fsp3) is 0.0968. The van der Waals surface area contributed by atoms with Gasteiger partial charge in [-0.25, -0.2) is 4.98 Å². The van der Waals surface area contributed by atoms with Crippen LogP contribution in [0.25, 0.3) is 106 Å². The summed E-state index contributed by atoms with van der Waals surface area (Å²) in [6.45, 7) is 9.10. The van der Waals surface area contributed by atoms with Gasteiger partial charge in [0.1, 0.15) is 17.3 Å². The summed E-state index contributed by atoms with van der Waals surface area (Å²) in [5.41, 5.74) is 1.50. The highest BCUT2D eigenvalue weighted by molar-refractivity contribution is 7.20. The van der Waals surface area contributed by atoms with Crippen LogP contribution in [-0.4, -0.2) is 22.2 Å². The largest absolute Gasteiger partial charge is 0.458 e. The SMILES string of the molecule is [2H]c1c([2H])c([2H])c(-c2cc(-c3cccc(C(C)(C)C)c3)c(-[n+]3[c-]n(-c4cccc(Oc5ccc6c7ccccc7n(-c7cc(C([2H])([2H])[2H])c(-c8c([2H])c([2H])c([2H])c([2H])c8[2H])cn7)c6c5)c4)c4cc(-c5ccc(C(C)(C)C)cc5)ccc43)c(-c3c([2H])c([2H])c([2H])c([Si](c4c([2H])c([2H])c([2H])c([2H])c4[2H])(c4c([2H])c([2H])c([2H])c([2H])c4[2H])c4c([2H])c([2H])c([2H])c([2H])c4[2H])c3[2H])c2)c([2H])c1[2H]. The summed E-state index contributed by atoms with van der Waals surface area (Å²) in [4.78, 5) is 4.75. The maximum atomic E-state index is 11.4. The number of rotatable bonds is 14. The van der Waals surface area contributed by atoms with E-state index >= 15 is 0 Å². The van der Waals surface area contributed by atoms with Crippen molar-refractivity contribution in [2.45, 2.75) is 59.2 Å². The fourth-order valence-corrected chi connectivity index (χ4v) is 16.3. The quantitative estimate of drug-likeness (QED) is 0.0471. The Balaban J connectivity index is 1.03. The van der Waals surface area contributed by atoms with Crippen LogP contribution in [0.4, 0.5) is 0 Å². The molecule has 0 atom stereocenters. The zero-order chi connectivity index (χ0) is 95.1. The molecular weight excluding hydrogens is 1220 g/mol. The van der Waals surface area contributed by atoms with Crippen LogP contribution >= 0.6 is 0 Å². The van der Waals surface area contributed by atoms with E-state index in [1.807, 2.05) is 81.4 Å². The van der Waals surface area contributed by atoms with Crippen molar-refractivity contribution in [1.29, 1.82) is 0 Å². The molecule has 3 heterocycles. The predicted octanol–water partition coefficient (Wildman–Crippen LogP) is 20.6. The lowest BCUT2D eigenvalue weighted by Gasteiger charge is -2.34. The molecule has 0 N–H and O–H groups in total. The molecule has 0 amide bonds. The first-order valence-electron chi connectivity index (χ1n) is 47.7. The van der Waals surface area contributed by atoms with E-state index in [-0.39, 0.29) is 61.8 Å². The number of aromatic nitrogens is 4. The van der Waals surface area contributed by atoms with Crippen LogP contribution in [0.15, 0.2) is 333 Å². The summed E-state index contributed by atoms with van der Waals surface area (Å²) in [5.74, 6) is 0.511. The molecule has 0 saturated heterocycles. The Labute approximate surface area is 626 Å². The topological polar surface area (TPSA) is 35.9 Å². The third kappa shape index (κ3) is 11.6. The first kappa shape index (κ1) is 36.0. The van der Waals surface area contributed by atoms with E-state index in [9.17, 15) is 24.7 Å². The monoisotopic (exact) mass is 1320 g/mol. The highest BCUT2D eigenvalue weighted by Gasteiger charge is 2.42. The zero-order valence-corrected chi connectivity index (χ0v) is 55.2. The normalized spacial score (nSPS) is 16.7. The van der Waals surface area contributed by atoms with E-state index < -0.39 is 233 Å². The second-order valence-electron chi connectivity index (χ2n) is 25.8.